The van der Waals surface area contributed by atoms with Gasteiger partial charge in [-0.25, -0.2) is 0 Å². The van der Waals surface area contributed by atoms with Gasteiger partial charge in [-0.2, -0.15) is 11.8 Å². The second kappa shape index (κ2) is 6.77. The molecule has 15 heavy (non-hydrogen) atoms. The molecule has 1 rings (SSSR count). The van der Waals surface area contributed by atoms with E-state index in [1.807, 2.05) is 11.8 Å². The first-order chi connectivity index (χ1) is 7.13. The van der Waals surface area contributed by atoms with E-state index in [1.165, 1.54) is 25.3 Å². The summed E-state index contributed by atoms with van der Waals surface area (Å²) in [4.78, 5) is 2.64. The van der Waals surface area contributed by atoms with Gasteiger partial charge in [0.1, 0.15) is 0 Å². The minimum Gasteiger partial charge on any atom is -0.311 e. The van der Waals surface area contributed by atoms with Crippen molar-refractivity contribution in [2.24, 2.45) is 5.92 Å². The monoisotopic (exact) mass is 230 g/mol. The standard InChI is InChI=1S/C12H26N2S/c1-10(2)7-12-8-14(6-5-13-12)11(3)9-15-4/h10-13H,5-9H2,1-4H3. The minimum absolute atomic E-state index is 0.711. The largest absolute Gasteiger partial charge is 0.311 e. The zero-order chi connectivity index (χ0) is 11.3. The summed E-state index contributed by atoms with van der Waals surface area (Å²) in [6.07, 6.45) is 3.51. The van der Waals surface area contributed by atoms with Crippen LogP contribution in [0.5, 0.6) is 0 Å². The first kappa shape index (κ1) is 13.3. The van der Waals surface area contributed by atoms with Crippen molar-refractivity contribution in [2.45, 2.75) is 39.3 Å². The molecule has 90 valence electrons. The molecule has 1 N–H and O–H groups in total. The molecule has 0 aromatic rings. The molecule has 0 bridgehead atoms. The van der Waals surface area contributed by atoms with Crippen LogP contribution in [0, 0.1) is 5.92 Å². The molecule has 0 aromatic heterocycles. The highest BCUT2D eigenvalue weighted by Gasteiger charge is 2.22. The van der Waals surface area contributed by atoms with E-state index >= 15 is 0 Å². The third kappa shape index (κ3) is 4.75. The highest BCUT2D eigenvalue weighted by atomic mass is 32.2. The maximum Gasteiger partial charge on any atom is 0.0198 e. The van der Waals surface area contributed by atoms with Crippen LogP contribution >= 0.6 is 11.8 Å². The van der Waals surface area contributed by atoms with Crippen LogP contribution in [0.2, 0.25) is 0 Å². The summed E-state index contributed by atoms with van der Waals surface area (Å²) in [6.45, 7) is 10.6. The van der Waals surface area contributed by atoms with Crippen molar-refractivity contribution >= 4 is 11.8 Å². The first-order valence-electron chi connectivity index (χ1n) is 6.09. The smallest absolute Gasteiger partial charge is 0.0198 e. The number of nitrogens with one attached hydrogen (secondary N) is 1. The van der Waals surface area contributed by atoms with Crippen LogP contribution in [0.1, 0.15) is 27.2 Å². The van der Waals surface area contributed by atoms with Gasteiger partial charge in [0.25, 0.3) is 0 Å². The van der Waals surface area contributed by atoms with Crippen molar-refractivity contribution in [1.29, 1.82) is 0 Å². The summed E-state index contributed by atoms with van der Waals surface area (Å²) in [7, 11) is 0. The highest BCUT2D eigenvalue weighted by Crippen LogP contribution is 2.13. The number of hydrogen-bond acceptors (Lipinski definition) is 3. The van der Waals surface area contributed by atoms with E-state index in [2.05, 4.69) is 37.2 Å². The van der Waals surface area contributed by atoms with Crippen LogP contribution in [-0.2, 0) is 0 Å². The molecule has 2 unspecified atom stereocenters. The van der Waals surface area contributed by atoms with E-state index in [9.17, 15) is 0 Å². The maximum atomic E-state index is 3.63. The molecule has 0 amide bonds. The molecule has 0 radical (unpaired) electrons. The maximum absolute atomic E-state index is 3.63. The molecule has 3 heteroatoms. The van der Waals surface area contributed by atoms with Crippen molar-refractivity contribution < 1.29 is 0 Å². The topological polar surface area (TPSA) is 15.3 Å². The summed E-state index contributed by atoms with van der Waals surface area (Å²) in [5.74, 6) is 2.06. The van der Waals surface area contributed by atoms with E-state index < -0.39 is 0 Å². The molecule has 0 aromatic carbocycles. The van der Waals surface area contributed by atoms with E-state index in [4.69, 9.17) is 0 Å². The lowest BCUT2D eigenvalue weighted by molar-refractivity contribution is 0.154. The van der Waals surface area contributed by atoms with Crippen LogP contribution in [0.15, 0.2) is 0 Å². The lowest BCUT2D eigenvalue weighted by Gasteiger charge is -2.38. The lowest BCUT2D eigenvalue weighted by Crippen LogP contribution is -2.54. The average molecular weight is 230 g/mol. The summed E-state index contributed by atoms with van der Waals surface area (Å²) in [5.41, 5.74) is 0. The van der Waals surface area contributed by atoms with Gasteiger partial charge in [-0.1, -0.05) is 13.8 Å². The number of nitrogens with zero attached hydrogens (tertiary/aromatic N) is 1. The molecule has 1 heterocycles. The Bertz CT molecular complexity index is 173. The van der Waals surface area contributed by atoms with Gasteiger partial charge in [-0.3, -0.25) is 4.90 Å². The normalized spacial score (nSPS) is 25.8. The zero-order valence-electron chi connectivity index (χ0n) is 10.6. The number of thioether (sulfide) groups is 1. The molecule has 1 aliphatic rings. The number of rotatable bonds is 5. The Morgan fingerprint density at radius 3 is 2.73 bits per heavy atom. The molecule has 1 aliphatic heterocycles. The van der Waals surface area contributed by atoms with Crippen LogP contribution in [0.3, 0.4) is 0 Å². The molecule has 0 aliphatic carbocycles. The molecule has 0 spiro atoms. The minimum atomic E-state index is 0.711. The Kier molecular flexibility index (Phi) is 6.02. The molecule has 2 nitrogen and oxygen atoms in total. The van der Waals surface area contributed by atoms with Gasteiger partial charge in [0, 0.05) is 37.5 Å². The van der Waals surface area contributed by atoms with Crippen LogP contribution in [-0.4, -0.2) is 48.6 Å². The average Bonchev–Trinajstić information content (AvgIpc) is 2.17. The molecule has 1 fully saturated rings. The van der Waals surface area contributed by atoms with E-state index in [0.717, 1.165) is 18.5 Å². The molecular formula is C12H26N2S. The third-order valence-corrected chi connectivity index (χ3v) is 3.89. The lowest BCUT2D eigenvalue weighted by atomic mass is 10.0. The van der Waals surface area contributed by atoms with Gasteiger partial charge >= 0.3 is 0 Å². The summed E-state index contributed by atoms with van der Waals surface area (Å²) < 4.78 is 0. The molecule has 0 saturated carbocycles. The summed E-state index contributed by atoms with van der Waals surface area (Å²) >= 11 is 1.96. The first-order valence-corrected chi connectivity index (χ1v) is 7.49. The highest BCUT2D eigenvalue weighted by molar-refractivity contribution is 7.98. The van der Waals surface area contributed by atoms with Crippen molar-refractivity contribution in [3.63, 3.8) is 0 Å². The Hall–Kier alpha value is 0.270. The number of piperazine rings is 1. The van der Waals surface area contributed by atoms with Crippen LogP contribution in [0.25, 0.3) is 0 Å². The summed E-state index contributed by atoms with van der Waals surface area (Å²) in [5, 5.41) is 3.63. The second-order valence-electron chi connectivity index (χ2n) is 5.08. The van der Waals surface area contributed by atoms with Gasteiger partial charge in [0.15, 0.2) is 0 Å². The Morgan fingerprint density at radius 1 is 1.40 bits per heavy atom. The molecule has 1 saturated heterocycles. The van der Waals surface area contributed by atoms with E-state index in [1.54, 1.807) is 0 Å². The fourth-order valence-electron chi connectivity index (χ4n) is 2.33. The van der Waals surface area contributed by atoms with Crippen molar-refractivity contribution in [2.75, 3.05) is 31.6 Å². The molecular weight excluding hydrogens is 204 g/mol. The second-order valence-corrected chi connectivity index (χ2v) is 5.99. The van der Waals surface area contributed by atoms with Gasteiger partial charge in [0.05, 0.1) is 0 Å². The zero-order valence-corrected chi connectivity index (χ0v) is 11.4. The van der Waals surface area contributed by atoms with Crippen molar-refractivity contribution in [3.8, 4) is 0 Å². The van der Waals surface area contributed by atoms with Crippen LogP contribution < -0.4 is 5.32 Å². The van der Waals surface area contributed by atoms with Crippen LogP contribution in [0.4, 0.5) is 0 Å². The Labute approximate surface area is 99.2 Å². The SMILES string of the molecule is CSCC(C)N1CCNC(CC(C)C)C1. The fourth-order valence-corrected chi connectivity index (χ4v) is 3.02. The predicted molar refractivity (Wildman–Crippen MR) is 70.7 cm³/mol. The van der Waals surface area contributed by atoms with Gasteiger partial charge in [0.2, 0.25) is 0 Å². The molecule has 2 atom stereocenters. The Balaban J connectivity index is 2.34. The van der Waals surface area contributed by atoms with Gasteiger partial charge in [-0.15, -0.1) is 0 Å². The fraction of sp³-hybridized carbons (Fsp3) is 1.00. The van der Waals surface area contributed by atoms with Gasteiger partial charge in [-0.05, 0) is 25.5 Å². The summed E-state index contributed by atoms with van der Waals surface area (Å²) in [6, 6.07) is 1.44. The van der Waals surface area contributed by atoms with Crippen molar-refractivity contribution in [1.82, 2.24) is 10.2 Å². The van der Waals surface area contributed by atoms with Crippen molar-refractivity contribution in [3.05, 3.63) is 0 Å². The Morgan fingerprint density at radius 2 is 2.13 bits per heavy atom. The predicted octanol–water partition coefficient (Wildman–Crippen LogP) is 2.06. The van der Waals surface area contributed by atoms with E-state index in [-0.39, 0.29) is 0 Å². The number of hydrogen-bond donors (Lipinski definition) is 1. The quantitative estimate of drug-likeness (QED) is 0.778. The third-order valence-electron chi connectivity index (χ3n) is 3.07. The van der Waals surface area contributed by atoms with E-state index in [0.29, 0.717) is 6.04 Å². The van der Waals surface area contributed by atoms with Gasteiger partial charge < -0.3 is 5.32 Å².